The average molecular weight is 327 g/mol. The van der Waals surface area contributed by atoms with Gasteiger partial charge in [-0.2, -0.15) is 0 Å². The van der Waals surface area contributed by atoms with E-state index in [1.807, 2.05) is 25.1 Å². The molecule has 1 fully saturated rings. The molecule has 1 aliphatic rings. The van der Waals surface area contributed by atoms with Gasteiger partial charge in [-0.1, -0.05) is 22.0 Å². The van der Waals surface area contributed by atoms with Crippen LogP contribution < -0.4 is 10.6 Å². The van der Waals surface area contributed by atoms with E-state index in [4.69, 9.17) is 4.74 Å². The van der Waals surface area contributed by atoms with E-state index in [1.165, 1.54) is 0 Å². The number of carbonyl (C=O) groups excluding carboxylic acids is 1. The third-order valence-corrected chi connectivity index (χ3v) is 4.32. The lowest BCUT2D eigenvalue weighted by molar-refractivity contribution is -0.123. The van der Waals surface area contributed by atoms with Crippen LogP contribution in [-0.4, -0.2) is 26.1 Å². The Hall–Kier alpha value is -0.910. The van der Waals surface area contributed by atoms with E-state index in [9.17, 15) is 4.79 Å². The minimum absolute atomic E-state index is 0.0629. The molecule has 5 heteroatoms. The van der Waals surface area contributed by atoms with Crippen LogP contribution in [0.3, 0.4) is 0 Å². The maximum absolute atomic E-state index is 12.4. The summed E-state index contributed by atoms with van der Waals surface area (Å²) in [5, 5.41) is 6.27. The SMILES string of the molecule is COCc1c(Br)cccc1NC(=O)C1(C)CCNC1. The van der Waals surface area contributed by atoms with E-state index < -0.39 is 0 Å². The van der Waals surface area contributed by atoms with Gasteiger partial charge in [0, 0.05) is 29.4 Å². The lowest BCUT2D eigenvalue weighted by Crippen LogP contribution is -2.35. The van der Waals surface area contributed by atoms with Gasteiger partial charge in [-0.25, -0.2) is 0 Å². The highest BCUT2D eigenvalue weighted by molar-refractivity contribution is 9.10. The van der Waals surface area contributed by atoms with E-state index in [-0.39, 0.29) is 11.3 Å². The summed E-state index contributed by atoms with van der Waals surface area (Å²) in [5.74, 6) is 0.0629. The van der Waals surface area contributed by atoms with Crippen LogP contribution in [0.4, 0.5) is 5.69 Å². The number of nitrogens with one attached hydrogen (secondary N) is 2. The fourth-order valence-corrected chi connectivity index (χ4v) is 2.73. The number of anilines is 1. The second-order valence-electron chi connectivity index (χ2n) is 5.14. The lowest BCUT2D eigenvalue weighted by atomic mass is 9.88. The first-order valence-corrected chi connectivity index (χ1v) is 7.14. The van der Waals surface area contributed by atoms with Crippen molar-refractivity contribution in [1.29, 1.82) is 0 Å². The molecule has 4 nitrogen and oxygen atoms in total. The molecule has 1 saturated heterocycles. The van der Waals surface area contributed by atoms with Crippen molar-refractivity contribution in [1.82, 2.24) is 5.32 Å². The Morgan fingerprint density at radius 2 is 2.37 bits per heavy atom. The first-order valence-electron chi connectivity index (χ1n) is 6.35. The van der Waals surface area contributed by atoms with E-state index in [0.717, 1.165) is 35.2 Å². The number of benzene rings is 1. The summed E-state index contributed by atoms with van der Waals surface area (Å²) in [4.78, 5) is 12.4. The summed E-state index contributed by atoms with van der Waals surface area (Å²) in [6.07, 6.45) is 0.868. The van der Waals surface area contributed by atoms with Crippen LogP contribution in [0.5, 0.6) is 0 Å². The lowest BCUT2D eigenvalue weighted by Gasteiger charge is -2.22. The molecule has 0 radical (unpaired) electrons. The average Bonchev–Trinajstić information content (AvgIpc) is 2.82. The van der Waals surface area contributed by atoms with Crippen molar-refractivity contribution in [2.24, 2.45) is 5.41 Å². The second kappa shape index (κ2) is 6.03. The number of carbonyl (C=O) groups is 1. The molecule has 1 aromatic rings. The highest BCUT2D eigenvalue weighted by Gasteiger charge is 2.36. The minimum Gasteiger partial charge on any atom is -0.380 e. The third kappa shape index (κ3) is 3.16. The maximum Gasteiger partial charge on any atom is 0.231 e. The van der Waals surface area contributed by atoms with E-state index in [0.29, 0.717) is 6.61 Å². The number of ether oxygens (including phenoxy) is 1. The molecule has 0 bridgehead atoms. The number of rotatable bonds is 4. The zero-order chi connectivity index (χ0) is 13.9. The van der Waals surface area contributed by atoms with Crippen molar-refractivity contribution in [2.75, 3.05) is 25.5 Å². The van der Waals surface area contributed by atoms with Gasteiger partial charge in [-0.15, -0.1) is 0 Å². The molecule has 0 saturated carbocycles. The van der Waals surface area contributed by atoms with Gasteiger partial charge < -0.3 is 15.4 Å². The molecule has 1 heterocycles. The Bertz CT molecular complexity index is 471. The van der Waals surface area contributed by atoms with Crippen molar-refractivity contribution in [3.05, 3.63) is 28.2 Å². The van der Waals surface area contributed by atoms with Crippen LogP contribution in [0, 0.1) is 5.41 Å². The monoisotopic (exact) mass is 326 g/mol. The minimum atomic E-state index is -0.327. The molecule has 104 valence electrons. The van der Waals surface area contributed by atoms with Crippen molar-refractivity contribution in [2.45, 2.75) is 20.0 Å². The summed E-state index contributed by atoms with van der Waals surface area (Å²) in [5.41, 5.74) is 1.45. The number of hydrogen-bond acceptors (Lipinski definition) is 3. The Kier molecular flexibility index (Phi) is 4.60. The molecular formula is C14H19BrN2O2. The van der Waals surface area contributed by atoms with Crippen LogP contribution in [0.15, 0.2) is 22.7 Å². The first-order chi connectivity index (χ1) is 9.07. The predicted molar refractivity (Wildman–Crippen MR) is 79.1 cm³/mol. The zero-order valence-electron chi connectivity index (χ0n) is 11.3. The molecule has 1 atom stereocenters. The van der Waals surface area contributed by atoms with Crippen molar-refractivity contribution < 1.29 is 9.53 Å². The Labute approximate surface area is 122 Å². The molecule has 1 amide bonds. The van der Waals surface area contributed by atoms with Gasteiger partial charge in [0.15, 0.2) is 0 Å². The van der Waals surface area contributed by atoms with Gasteiger partial charge in [0.05, 0.1) is 12.0 Å². The Balaban J connectivity index is 2.19. The predicted octanol–water partition coefficient (Wildman–Crippen LogP) is 2.53. The van der Waals surface area contributed by atoms with Crippen LogP contribution in [-0.2, 0) is 16.1 Å². The van der Waals surface area contributed by atoms with Gasteiger partial charge in [-0.3, -0.25) is 4.79 Å². The van der Waals surface area contributed by atoms with E-state index in [1.54, 1.807) is 7.11 Å². The molecule has 0 spiro atoms. The van der Waals surface area contributed by atoms with Gasteiger partial charge in [-0.05, 0) is 32.0 Å². The fourth-order valence-electron chi connectivity index (χ4n) is 2.25. The number of methoxy groups -OCH3 is 1. The summed E-state index contributed by atoms with van der Waals surface area (Å²) < 4.78 is 6.13. The van der Waals surface area contributed by atoms with Crippen LogP contribution in [0.25, 0.3) is 0 Å². The largest absolute Gasteiger partial charge is 0.380 e. The molecule has 19 heavy (non-hydrogen) atoms. The maximum atomic E-state index is 12.4. The van der Waals surface area contributed by atoms with Crippen molar-refractivity contribution in [3.63, 3.8) is 0 Å². The van der Waals surface area contributed by atoms with Crippen molar-refractivity contribution >= 4 is 27.5 Å². The van der Waals surface area contributed by atoms with Crippen LogP contribution in [0.1, 0.15) is 18.9 Å². The van der Waals surface area contributed by atoms with Gasteiger partial charge in [0.2, 0.25) is 5.91 Å². The van der Waals surface area contributed by atoms with E-state index >= 15 is 0 Å². The molecule has 0 aliphatic carbocycles. The summed E-state index contributed by atoms with van der Waals surface area (Å²) in [6, 6.07) is 5.76. The van der Waals surface area contributed by atoms with Gasteiger partial charge in [0.1, 0.15) is 0 Å². The summed E-state index contributed by atoms with van der Waals surface area (Å²) in [7, 11) is 1.65. The van der Waals surface area contributed by atoms with Crippen LogP contribution in [0.2, 0.25) is 0 Å². The quantitative estimate of drug-likeness (QED) is 0.893. The number of amides is 1. The second-order valence-corrected chi connectivity index (χ2v) is 5.99. The fraction of sp³-hybridized carbons (Fsp3) is 0.500. The van der Waals surface area contributed by atoms with Gasteiger partial charge in [0.25, 0.3) is 0 Å². The molecule has 1 aromatic carbocycles. The Morgan fingerprint density at radius 1 is 1.58 bits per heavy atom. The van der Waals surface area contributed by atoms with Crippen LogP contribution >= 0.6 is 15.9 Å². The first kappa shape index (κ1) is 14.5. The molecule has 2 rings (SSSR count). The Morgan fingerprint density at radius 3 is 3.00 bits per heavy atom. The summed E-state index contributed by atoms with van der Waals surface area (Å²) in [6.45, 7) is 4.09. The molecule has 1 aliphatic heterocycles. The smallest absolute Gasteiger partial charge is 0.231 e. The number of halogens is 1. The highest BCUT2D eigenvalue weighted by atomic mass is 79.9. The normalized spacial score (nSPS) is 22.5. The highest BCUT2D eigenvalue weighted by Crippen LogP contribution is 2.30. The molecular weight excluding hydrogens is 308 g/mol. The topological polar surface area (TPSA) is 50.4 Å². The molecule has 2 N–H and O–H groups in total. The zero-order valence-corrected chi connectivity index (χ0v) is 12.8. The standard InChI is InChI=1S/C14H19BrN2O2/c1-14(6-7-16-9-14)13(18)17-12-5-3-4-11(15)10(12)8-19-2/h3-5,16H,6-9H2,1-2H3,(H,17,18). The molecule has 0 aromatic heterocycles. The van der Waals surface area contributed by atoms with Gasteiger partial charge >= 0.3 is 0 Å². The molecule has 1 unspecified atom stereocenters. The third-order valence-electron chi connectivity index (χ3n) is 3.57. The number of hydrogen-bond donors (Lipinski definition) is 2. The summed E-state index contributed by atoms with van der Waals surface area (Å²) >= 11 is 3.49. The van der Waals surface area contributed by atoms with E-state index in [2.05, 4.69) is 26.6 Å². The van der Waals surface area contributed by atoms with Crippen molar-refractivity contribution in [3.8, 4) is 0 Å².